The highest BCUT2D eigenvalue weighted by molar-refractivity contribution is 9.11. The molecule has 0 saturated carbocycles. The summed E-state index contributed by atoms with van der Waals surface area (Å²) in [6.45, 7) is 2.13. The summed E-state index contributed by atoms with van der Waals surface area (Å²) >= 11 is 5.15. The third-order valence-electron chi connectivity index (χ3n) is 3.14. The number of thiazole rings is 1. The van der Waals surface area contributed by atoms with Crippen molar-refractivity contribution in [3.05, 3.63) is 38.1 Å². The maximum Gasteiger partial charge on any atom is 0.160 e. The summed E-state index contributed by atoms with van der Waals surface area (Å²) in [5, 5.41) is 0. The van der Waals surface area contributed by atoms with Crippen LogP contribution in [-0.4, -0.2) is 4.98 Å². The van der Waals surface area contributed by atoms with Gasteiger partial charge in [-0.1, -0.05) is 12.1 Å². The number of aromatic nitrogens is 1. The van der Waals surface area contributed by atoms with Gasteiger partial charge in [0, 0.05) is 10.4 Å². The molecule has 1 aromatic heterocycles. The molecule has 1 heterocycles. The summed E-state index contributed by atoms with van der Waals surface area (Å²) in [4.78, 5) is 5.82. The highest BCUT2D eigenvalue weighted by atomic mass is 79.9. The Kier molecular flexibility index (Phi) is 2.60. The van der Waals surface area contributed by atoms with Gasteiger partial charge in [0.1, 0.15) is 0 Å². The van der Waals surface area contributed by atoms with Crippen LogP contribution in [0.5, 0.6) is 0 Å². The van der Waals surface area contributed by atoms with Gasteiger partial charge in [-0.05, 0) is 59.3 Å². The van der Waals surface area contributed by atoms with Crippen molar-refractivity contribution in [1.82, 2.24) is 4.98 Å². The number of hydrogen-bond donors (Lipinski definition) is 0. The zero-order valence-corrected chi connectivity index (χ0v) is 11.5. The quantitative estimate of drug-likeness (QED) is 0.761. The Morgan fingerprint density at radius 2 is 2.06 bits per heavy atom. The van der Waals surface area contributed by atoms with Crippen LogP contribution >= 0.6 is 27.3 Å². The average Bonchev–Trinajstić information content (AvgIpc) is 2.83. The minimum Gasteiger partial charge on any atom is -0.229 e. The molecule has 0 saturated heterocycles. The predicted molar refractivity (Wildman–Crippen MR) is 72.0 cm³/mol. The van der Waals surface area contributed by atoms with Gasteiger partial charge < -0.3 is 0 Å². The number of aryl methyl sites for hydroxylation is 3. The van der Waals surface area contributed by atoms with E-state index in [0.717, 1.165) is 9.61 Å². The fourth-order valence-corrected chi connectivity index (χ4v) is 3.91. The van der Waals surface area contributed by atoms with E-state index in [1.54, 1.807) is 11.3 Å². The van der Waals surface area contributed by atoms with Gasteiger partial charge in [-0.15, -0.1) is 11.3 Å². The molecule has 1 aliphatic carbocycles. The minimum atomic E-state index is 0.973. The maximum absolute atomic E-state index is 4.54. The molecule has 2 aromatic rings. The van der Waals surface area contributed by atoms with Crippen molar-refractivity contribution in [2.45, 2.75) is 26.2 Å². The summed E-state index contributed by atoms with van der Waals surface area (Å²) in [6, 6.07) is 6.79. The third-order valence-corrected chi connectivity index (χ3v) is 4.56. The van der Waals surface area contributed by atoms with Gasteiger partial charge >= 0.3 is 0 Å². The van der Waals surface area contributed by atoms with Crippen LogP contribution in [0.3, 0.4) is 0 Å². The van der Waals surface area contributed by atoms with Crippen molar-refractivity contribution in [1.29, 1.82) is 0 Å². The molecule has 1 aliphatic rings. The lowest BCUT2D eigenvalue weighted by Gasteiger charge is -2.03. The molecule has 0 radical (unpaired) electrons. The maximum atomic E-state index is 4.54. The topological polar surface area (TPSA) is 12.9 Å². The molecule has 3 heteroatoms. The molecule has 0 aliphatic heterocycles. The van der Waals surface area contributed by atoms with E-state index in [4.69, 9.17) is 0 Å². The van der Waals surface area contributed by atoms with Gasteiger partial charge in [-0.3, -0.25) is 0 Å². The molecule has 3 rings (SSSR count). The minimum absolute atomic E-state index is 0.973. The first-order valence-electron chi connectivity index (χ1n) is 5.49. The van der Waals surface area contributed by atoms with Crippen LogP contribution < -0.4 is 0 Å². The van der Waals surface area contributed by atoms with E-state index in [1.807, 2.05) is 0 Å². The largest absolute Gasteiger partial charge is 0.229 e. The van der Waals surface area contributed by atoms with Gasteiger partial charge in [-0.25, -0.2) is 4.98 Å². The number of benzene rings is 1. The Labute approximate surface area is 108 Å². The SMILES string of the molecule is Cc1sc(Br)nc1-c1ccc2c(c1)CCC2. The summed E-state index contributed by atoms with van der Waals surface area (Å²) < 4.78 is 0.973. The molecule has 16 heavy (non-hydrogen) atoms. The van der Waals surface area contributed by atoms with Crippen LogP contribution in [0, 0.1) is 6.92 Å². The van der Waals surface area contributed by atoms with Gasteiger partial charge in [0.2, 0.25) is 0 Å². The number of hydrogen-bond acceptors (Lipinski definition) is 2. The van der Waals surface area contributed by atoms with Crippen LogP contribution in [0.4, 0.5) is 0 Å². The van der Waals surface area contributed by atoms with Crippen molar-refractivity contribution >= 4 is 27.3 Å². The zero-order valence-electron chi connectivity index (χ0n) is 9.09. The van der Waals surface area contributed by atoms with Crippen LogP contribution in [0.2, 0.25) is 0 Å². The molecule has 0 amide bonds. The van der Waals surface area contributed by atoms with E-state index < -0.39 is 0 Å². The van der Waals surface area contributed by atoms with E-state index in [9.17, 15) is 0 Å². The molecular formula is C13H12BrNS. The fourth-order valence-electron chi connectivity index (χ4n) is 2.35. The monoisotopic (exact) mass is 293 g/mol. The van der Waals surface area contributed by atoms with Crippen LogP contribution in [-0.2, 0) is 12.8 Å². The standard InChI is InChI=1S/C13H12BrNS/c1-8-12(15-13(14)16-8)11-6-5-9-3-2-4-10(9)7-11/h5-7H,2-4H2,1H3. The van der Waals surface area contributed by atoms with Crippen LogP contribution in [0.25, 0.3) is 11.3 Å². The Morgan fingerprint density at radius 1 is 1.25 bits per heavy atom. The van der Waals surface area contributed by atoms with E-state index >= 15 is 0 Å². The number of halogens is 1. The van der Waals surface area contributed by atoms with E-state index in [-0.39, 0.29) is 0 Å². The van der Waals surface area contributed by atoms with E-state index in [1.165, 1.54) is 40.8 Å². The summed E-state index contributed by atoms with van der Waals surface area (Å²) in [5.41, 5.74) is 5.43. The fraction of sp³-hybridized carbons (Fsp3) is 0.308. The Balaban J connectivity index is 2.10. The van der Waals surface area contributed by atoms with E-state index in [0.29, 0.717) is 0 Å². The zero-order chi connectivity index (χ0) is 11.1. The Morgan fingerprint density at radius 3 is 2.81 bits per heavy atom. The molecule has 82 valence electrons. The van der Waals surface area contributed by atoms with Crippen molar-refractivity contribution in [3.8, 4) is 11.3 Å². The summed E-state index contributed by atoms with van der Waals surface area (Å²) in [5.74, 6) is 0. The highest BCUT2D eigenvalue weighted by Crippen LogP contribution is 2.33. The predicted octanol–water partition coefficient (Wildman–Crippen LogP) is 4.37. The normalized spacial score (nSPS) is 14.1. The highest BCUT2D eigenvalue weighted by Gasteiger charge is 2.14. The van der Waals surface area contributed by atoms with Crippen molar-refractivity contribution in [2.75, 3.05) is 0 Å². The lowest BCUT2D eigenvalue weighted by Crippen LogP contribution is -1.86. The molecule has 0 unspecified atom stereocenters. The molecule has 1 aromatic carbocycles. The summed E-state index contributed by atoms with van der Waals surface area (Å²) in [7, 11) is 0. The lowest BCUT2D eigenvalue weighted by atomic mass is 10.0. The Hall–Kier alpha value is -0.670. The van der Waals surface area contributed by atoms with Gasteiger partial charge in [-0.2, -0.15) is 0 Å². The third kappa shape index (κ3) is 1.72. The molecule has 0 atom stereocenters. The smallest absolute Gasteiger partial charge is 0.160 e. The molecule has 0 bridgehead atoms. The average molecular weight is 294 g/mol. The van der Waals surface area contributed by atoms with Gasteiger partial charge in [0.05, 0.1) is 5.69 Å². The first-order valence-corrected chi connectivity index (χ1v) is 7.10. The first-order chi connectivity index (χ1) is 7.74. The molecule has 0 spiro atoms. The van der Waals surface area contributed by atoms with Crippen molar-refractivity contribution < 1.29 is 0 Å². The summed E-state index contributed by atoms with van der Waals surface area (Å²) in [6.07, 6.45) is 3.78. The first kappa shape index (κ1) is 10.5. The van der Waals surface area contributed by atoms with Crippen molar-refractivity contribution in [3.63, 3.8) is 0 Å². The van der Waals surface area contributed by atoms with Crippen LogP contribution in [0.1, 0.15) is 22.4 Å². The second kappa shape index (κ2) is 3.97. The van der Waals surface area contributed by atoms with Crippen LogP contribution in [0.15, 0.2) is 22.1 Å². The number of fused-ring (bicyclic) bond motifs is 1. The number of nitrogens with zero attached hydrogens (tertiary/aromatic N) is 1. The second-order valence-electron chi connectivity index (χ2n) is 4.21. The second-order valence-corrected chi connectivity index (χ2v) is 6.69. The van der Waals surface area contributed by atoms with Crippen molar-refractivity contribution in [2.24, 2.45) is 0 Å². The Bertz CT molecular complexity index is 545. The van der Waals surface area contributed by atoms with E-state index in [2.05, 4.69) is 46.0 Å². The number of rotatable bonds is 1. The lowest BCUT2D eigenvalue weighted by molar-refractivity contribution is 0.912. The molecule has 1 nitrogen and oxygen atoms in total. The molecular weight excluding hydrogens is 282 g/mol. The van der Waals surface area contributed by atoms with Gasteiger partial charge in [0.15, 0.2) is 3.92 Å². The van der Waals surface area contributed by atoms with Gasteiger partial charge in [0.25, 0.3) is 0 Å². The molecule has 0 fully saturated rings. The molecule has 0 N–H and O–H groups in total.